The maximum atomic E-state index is 10.8. The molecule has 0 aliphatic carbocycles. The molecule has 0 N–H and O–H groups in total. The Morgan fingerprint density at radius 2 is 2.33 bits per heavy atom. The highest BCUT2D eigenvalue weighted by Gasteiger charge is 2.10. The van der Waals surface area contributed by atoms with E-state index in [1.54, 1.807) is 18.2 Å². The molecule has 2 aromatic rings. The van der Waals surface area contributed by atoms with E-state index in [9.17, 15) is 4.79 Å². The number of hydrogen-bond donors (Lipinski definition) is 0. The number of carbonyl (C=O) groups excluding carboxylic acids is 1. The highest BCUT2D eigenvalue weighted by Crippen LogP contribution is 2.25. The molecule has 0 saturated carbocycles. The van der Waals surface area contributed by atoms with E-state index in [2.05, 4.69) is 21.0 Å². The van der Waals surface area contributed by atoms with Gasteiger partial charge in [0.2, 0.25) is 0 Å². The van der Waals surface area contributed by atoms with Gasteiger partial charge in [-0.15, -0.1) is 5.10 Å². The van der Waals surface area contributed by atoms with Crippen LogP contribution in [0.25, 0.3) is 10.9 Å². The van der Waals surface area contributed by atoms with Gasteiger partial charge in [-0.05, 0) is 34.1 Å². The summed E-state index contributed by atoms with van der Waals surface area (Å²) in [7, 11) is 0. The van der Waals surface area contributed by atoms with Crippen LogP contribution in [-0.4, -0.2) is 15.9 Å². The summed E-state index contributed by atoms with van der Waals surface area (Å²) in [6.45, 7) is 1.31. The van der Waals surface area contributed by atoms with Crippen LogP contribution in [0.15, 0.2) is 22.8 Å². The molecule has 1 aromatic carbocycles. The normalized spacial score (nSPS) is 10.6. The molecule has 15 heavy (non-hydrogen) atoms. The Hall–Kier alpha value is -1.07. The second-order valence-corrected chi connectivity index (χ2v) is 4.10. The predicted octanol–water partition coefficient (Wildman–Crippen LogP) is 2.43. The zero-order valence-electron chi connectivity index (χ0n) is 7.70. The molecule has 2 rings (SSSR count). The maximum absolute atomic E-state index is 10.8. The van der Waals surface area contributed by atoms with Gasteiger partial charge in [-0.2, -0.15) is 0 Å². The molecule has 0 spiro atoms. The molecular weight excluding hydrogens is 283 g/mol. The first-order valence-corrected chi connectivity index (χ1v) is 5.27. The van der Waals surface area contributed by atoms with E-state index >= 15 is 0 Å². The Balaban J connectivity index is 2.64. The van der Waals surface area contributed by atoms with Gasteiger partial charge in [0.15, 0.2) is 0 Å². The average Bonchev–Trinajstić information content (AvgIpc) is 2.42. The molecule has 78 valence electrons. The van der Waals surface area contributed by atoms with Crippen molar-refractivity contribution < 1.29 is 9.63 Å². The smallest absolute Gasteiger partial charge is 0.319 e. The van der Waals surface area contributed by atoms with Gasteiger partial charge in [-0.25, -0.2) is 4.79 Å². The van der Waals surface area contributed by atoms with Crippen LogP contribution in [0.4, 0.5) is 0 Å². The minimum atomic E-state index is -0.438. The predicted molar refractivity (Wildman–Crippen MR) is 59.7 cm³/mol. The molecule has 0 bridgehead atoms. The Bertz CT molecular complexity index is 538. The number of fused-ring (bicyclic) bond motifs is 1. The van der Waals surface area contributed by atoms with Crippen LogP contribution in [0.3, 0.4) is 0 Å². The molecule has 0 aliphatic rings. The quantitative estimate of drug-likeness (QED) is 0.810. The largest absolute Gasteiger partial charge is 0.331 e. The van der Waals surface area contributed by atoms with Crippen LogP contribution in [0.1, 0.15) is 6.92 Å². The van der Waals surface area contributed by atoms with Gasteiger partial charge in [0.05, 0.1) is 0 Å². The maximum Gasteiger partial charge on any atom is 0.331 e. The zero-order valence-corrected chi connectivity index (χ0v) is 10.0. The third-order valence-electron chi connectivity index (χ3n) is 1.78. The van der Waals surface area contributed by atoms with Gasteiger partial charge in [0, 0.05) is 17.3 Å². The fourth-order valence-corrected chi connectivity index (χ4v) is 1.86. The van der Waals surface area contributed by atoms with Crippen molar-refractivity contribution in [3.05, 3.63) is 27.8 Å². The molecule has 0 unspecified atom stereocenters. The van der Waals surface area contributed by atoms with Gasteiger partial charge in [-0.3, -0.25) is 0 Å². The number of aromatic nitrogens is 2. The van der Waals surface area contributed by atoms with Crippen LogP contribution >= 0.6 is 27.5 Å². The zero-order chi connectivity index (χ0) is 11.0. The molecule has 1 aromatic heterocycles. The lowest BCUT2D eigenvalue weighted by molar-refractivity contribution is -0.142. The van der Waals surface area contributed by atoms with E-state index in [0.717, 1.165) is 10.2 Å². The van der Waals surface area contributed by atoms with Crippen molar-refractivity contribution in [2.75, 3.05) is 0 Å². The number of benzene rings is 1. The number of nitrogens with zero attached hydrogens (tertiary/aromatic N) is 2. The summed E-state index contributed by atoms with van der Waals surface area (Å²) >= 11 is 9.11. The van der Waals surface area contributed by atoms with Gasteiger partial charge in [0.25, 0.3) is 0 Å². The van der Waals surface area contributed by atoms with Crippen molar-refractivity contribution in [1.82, 2.24) is 9.94 Å². The SMILES string of the molecule is CC(=O)On1nc(Br)c2ccc(Cl)cc21. The molecule has 0 atom stereocenters. The second-order valence-electron chi connectivity index (χ2n) is 2.91. The first kappa shape index (κ1) is 10.4. The van der Waals surface area contributed by atoms with Gasteiger partial charge < -0.3 is 4.84 Å². The summed E-state index contributed by atoms with van der Waals surface area (Å²) < 4.78 is 0.607. The second kappa shape index (κ2) is 3.83. The van der Waals surface area contributed by atoms with Crippen LogP contribution in [-0.2, 0) is 4.79 Å². The topological polar surface area (TPSA) is 44.1 Å². The number of carbonyl (C=O) groups is 1. The molecule has 1 heterocycles. The van der Waals surface area contributed by atoms with Crippen molar-refractivity contribution in [2.24, 2.45) is 0 Å². The van der Waals surface area contributed by atoms with Crippen molar-refractivity contribution >= 4 is 44.4 Å². The first-order valence-electron chi connectivity index (χ1n) is 4.10. The van der Waals surface area contributed by atoms with E-state index in [0.29, 0.717) is 15.1 Å². The van der Waals surface area contributed by atoms with E-state index in [1.165, 1.54) is 6.92 Å². The summed E-state index contributed by atoms with van der Waals surface area (Å²) in [5, 5.41) is 5.40. The fraction of sp³-hybridized carbons (Fsp3) is 0.111. The number of halogens is 2. The fourth-order valence-electron chi connectivity index (χ4n) is 1.22. The van der Waals surface area contributed by atoms with E-state index in [4.69, 9.17) is 16.4 Å². The summed E-state index contributed by atoms with van der Waals surface area (Å²) in [6, 6.07) is 5.22. The minimum Gasteiger partial charge on any atom is -0.319 e. The third-order valence-corrected chi connectivity index (χ3v) is 2.60. The summed E-state index contributed by atoms with van der Waals surface area (Å²) in [4.78, 5) is 16.8. The van der Waals surface area contributed by atoms with Crippen molar-refractivity contribution in [1.29, 1.82) is 0 Å². The van der Waals surface area contributed by atoms with Crippen LogP contribution in [0, 0.1) is 0 Å². The lowest BCUT2D eigenvalue weighted by atomic mass is 10.3. The Kier molecular flexibility index (Phi) is 2.67. The molecule has 0 fully saturated rings. The summed E-state index contributed by atoms with van der Waals surface area (Å²) in [5.74, 6) is -0.438. The molecule has 6 heteroatoms. The molecule has 0 radical (unpaired) electrons. The molecule has 0 saturated heterocycles. The minimum absolute atomic E-state index is 0.438. The van der Waals surface area contributed by atoms with Crippen LogP contribution < -0.4 is 4.84 Å². The Morgan fingerprint density at radius 3 is 3.00 bits per heavy atom. The summed E-state index contributed by atoms with van der Waals surface area (Å²) in [5.41, 5.74) is 0.643. The first-order chi connectivity index (χ1) is 7.08. The van der Waals surface area contributed by atoms with E-state index < -0.39 is 5.97 Å². The van der Waals surface area contributed by atoms with E-state index in [-0.39, 0.29) is 0 Å². The molecule has 4 nitrogen and oxygen atoms in total. The average molecular weight is 290 g/mol. The van der Waals surface area contributed by atoms with Crippen LogP contribution in [0.5, 0.6) is 0 Å². The highest BCUT2D eigenvalue weighted by molar-refractivity contribution is 9.10. The van der Waals surface area contributed by atoms with Gasteiger partial charge in [0.1, 0.15) is 10.1 Å². The Labute approximate surface area is 98.9 Å². The molecule has 0 amide bonds. The van der Waals surface area contributed by atoms with Crippen molar-refractivity contribution in [3.63, 3.8) is 0 Å². The highest BCUT2D eigenvalue weighted by atomic mass is 79.9. The Morgan fingerprint density at radius 1 is 1.60 bits per heavy atom. The standard InChI is InChI=1S/C9H6BrClN2O2/c1-5(14)15-13-8-4-6(11)2-3-7(8)9(10)12-13/h2-4H,1H3. The van der Waals surface area contributed by atoms with Crippen molar-refractivity contribution in [2.45, 2.75) is 6.92 Å². The van der Waals surface area contributed by atoms with Gasteiger partial charge >= 0.3 is 5.97 Å². The lowest BCUT2D eigenvalue weighted by Gasteiger charge is -2.00. The number of rotatable bonds is 1. The molecular formula is C9H6BrClN2O2. The molecule has 0 aliphatic heterocycles. The van der Waals surface area contributed by atoms with E-state index in [1.807, 2.05) is 0 Å². The summed E-state index contributed by atoms with van der Waals surface area (Å²) in [6.07, 6.45) is 0. The van der Waals surface area contributed by atoms with Crippen LogP contribution in [0.2, 0.25) is 5.02 Å². The lowest BCUT2D eigenvalue weighted by Crippen LogP contribution is -2.17. The third kappa shape index (κ3) is 1.98. The van der Waals surface area contributed by atoms with Gasteiger partial charge in [-0.1, -0.05) is 16.4 Å². The van der Waals surface area contributed by atoms with Crippen molar-refractivity contribution in [3.8, 4) is 0 Å². The monoisotopic (exact) mass is 288 g/mol. The number of hydrogen-bond acceptors (Lipinski definition) is 3.